The summed E-state index contributed by atoms with van der Waals surface area (Å²) in [6.45, 7) is -0.195. The van der Waals surface area contributed by atoms with Crippen molar-refractivity contribution in [2.45, 2.75) is 24.7 Å². The molecule has 0 aliphatic rings. The zero-order valence-corrected chi connectivity index (χ0v) is 11.7. The lowest BCUT2D eigenvalue weighted by atomic mass is 10.1. The van der Waals surface area contributed by atoms with Gasteiger partial charge in [0.1, 0.15) is 6.04 Å². The van der Waals surface area contributed by atoms with Gasteiger partial charge in [0.2, 0.25) is 0 Å². The van der Waals surface area contributed by atoms with Gasteiger partial charge in [0, 0.05) is 31.3 Å². The first kappa shape index (κ1) is 16.4. The highest BCUT2D eigenvalue weighted by atomic mass is 19.4. The lowest BCUT2D eigenvalue weighted by Crippen LogP contribution is -2.45. The van der Waals surface area contributed by atoms with E-state index in [0.717, 1.165) is 0 Å². The predicted molar refractivity (Wildman–Crippen MR) is 75.0 cm³/mol. The fourth-order valence-corrected chi connectivity index (χ4v) is 2.02. The fraction of sp³-hybridized carbons (Fsp3) is 0.333. The number of pyridine rings is 2. The summed E-state index contributed by atoms with van der Waals surface area (Å²) in [6, 6.07) is 4.49. The Morgan fingerprint density at radius 3 is 2.09 bits per heavy atom. The number of aliphatic hydroxyl groups excluding tert-OH is 1. The number of aromatic nitrogens is 2. The third-order valence-electron chi connectivity index (χ3n) is 3.23. The van der Waals surface area contributed by atoms with E-state index in [1.54, 1.807) is 24.3 Å². The lowest BCUT2D eigenvalue weighted by molar-refractivity contribution is -0.156. The number of nitrogens with zero attached hydrogens (tertiary/aromatic N) is 2. The van der Waals surface area contributed by atoms with Gasteiger partial charge >= 0.3 is 6.18 Å². The number of rotatable bonds is 6. The molecule has 0 bridgehead atoms. The van der Waals surface area contributed by atoms with Crippen molar-refractivity contribution in [3.05, 3.63) is 60.2 Å². The van der Waals surface area contributed by atoms with Crippen molar-refractivity contribution in [1.82, 2.24) is 15.3 Å². The number of nitrogens with one attached hydrogen (secondary N) is 1. The lowest BCUT2D eigenvalue weighted by Gasteiger charge is -2.23. The summed E-state index contributed by atoms with van der Waals surface area (Å²) in [4.78, 5) is 7.58. The second-order valence-electron chi connectivity index (χ2n) is 4.86. The molecular formula is C15H16F3N3O. The Balaban J connectivity index is 1.99. The van der Waals surface area contributed by atoms with E-state index in [9.17, 15) is 18.3 Å². The quantitative estimate of drug-likeness (QED) is 0.859. The minimum absolute atomic E-state index is 0.195. The molecule has 0 fully saturated rings. The van der Waals surface area contributed by atoms with Crippen molar-refractivity contribution in [3.8, 4) is 0 Å². The highest BCUT2D eigenvalue weighted by molar-refractivity contribution is 5.14. The largest absolute Gasteiger partial charge is 0.404 e. The highest BCUT2D eigenvalue weighted by Crippen LogP contribution is 2.23. The molecule has 0 amide bonds. The Hall–Kier alpha value is -1.99. The maximum absolute atomic E-state index is 13.1. The van der Waals surface area contributed by atoms with Crippen LogP contribution in [0.5, 0.6) is 0 Å². The highest BCUT2D eigenvalue weighted by Gasteiger charge is 2.39. The van der Waals surface area contributed by atoms with E-state index in [2.05, 4.69) is 15.3 Å². The van der Waals surface area contributed by atoms with Gasteiger partial charge < -0.3 is 10.4 Å². The number of alkyl halides is 3. The Bertz CT molecular complexity index is 563. The first-order chi connectivity index (χ1) is 10.5. The standard InChI is InChI=1S/C15H16F3N3O/c16-15(17,18)14(9-11-1-5-19-6-2-11)21-10-13(22)12-3-7-20-8-4-12/h1-8,13-14,21-22H,9-10H2. The molecule has 2 N–H and O–H groups in total. The number of halogens is 3. The van der Waals surface area contributed by atoms with Crippen LogP contribution in [0.15, 0.2) is 49.1 Å². The maximum atomic E-state index is 13.1. The predicted octanol–water partition coefficient (Wildman–Crippen LogP) is 2.27. The number of hydrogen-bond donors (Lipinski definition) is 2. The molecular weight excluding hydrogens is 295 g/mol. The van der Waals surface area contributed by atoms with E-state index in [1.807, 2.05) is 0 Å². The van der Waals surface area contributed by atoms with Crippen molar-refractivity contribution >= 4 is 0 Å². The first-order valence-electron chi connectivity index (χ1n) is 6.74. The Morgan fingerprint density at radius 2 is 1.55 bits per heavy atom. The number of aliphatic hydroxyl groups is 1. The van der Waals surface area contributed by atoms with Crippen molar-refractivity contribution in [3.63, 3.8) is 0 Å². The van der Waals surface area contributed by atoms with Crippen LogP contribution in [0.4, 0.5) is 13.2 Å². The molecule has 118 valence electrons. The summed E-state index contributed by atoms with van der Waals surface area (Å²) >= 11 is 0. The third-order valence-corrected chi connectivity index (χ3v) is 3.23. The van der Waals surface area contributed by atoms with Crippen LogP contribution in [0.1, 0.15) is 17.2 Å². The van der Waals surface area contributed by atoms with Gasteiger partial charge in [0.15, 0.2) is 0 Å². The van der Waals surface area contributed by atoms with E-state index in [0.29, 0.717) is 11.1 Å². The summed E-state index contributed by atoms with van der Waals surface area (Å²) in [6.07, 6.45) is 0.234. The maximum Gasteiger partial charge on any atom is 0.404 e. The van der Waals surface area contributed by atoms with Crippen LogP contribution in [-0.2, 0) is 6.42 Å². The van der Waals surface area contributed by atoms with Crippen LogP contribution >= 0.6 is 0 Å². The molecule has 2 aromatic heterocycles. The monoisotopic (exact) mass is 311 g/mol. The molecule has 2 atom stereocenters. The zero-order chi connectivity index (χ0) is 16.0. The van der Waals surface area contributed by atoms with Crippen LogP contribution in [-0.4, -0.2) is 33.8 Å². The zero-order valence-electron chi connectivity index (χ0n) is 11.7. The van der Waals surface area contributed by atoms with E-state index in [4.69, 9.17) is 0 Å². The average molecular weight is 311 g/mol. The van der Waals surface area contributed by atoms with Gasteiger partial charge in [-0.1, -0.05) is 0 Å². The van der Waals surface area contributed by atoms with Crippen molar-refractivity contribution in [2.75, 3.05) is 6.54 Å². The molecule has 2 heterocycles. The summed E-state index contributed by atoms with van der Waals surface area (Å²) in [5.74, 6) is 0. The fourth-order valence-electron chi connectivity index (χ4n) is 2.02. The van der Waals surface area contributed by atoms with Crippen molar-refractivity contribution in [1.29, 1.82) is 0 Å². The molecule has 2 aromatic rings. The Labute approximate surface area is 126 Å². The number of hydrogen-bond acceptors (Lipinski definition) is 4. The van der Waals surface area contributed by atoms with Gasteiger partial charge in [-0.05, 0) is 41.8 Å². The third kappa shape index (κ3) is 4.78. The summed E-state index contributed by atoms with van der Waals surface area (Å²) < 4.78 is 39.3. The van der Waals surface area contributed by atoms with Crippen LogP contribution in [0, 0.1) is 0 Å². The Morgan fingerprint density at radius 1 is 1.00 bits per heavy atom. The van der Waals surface area contributed by atoms with Gasteiger partial charge in [-0.2, -0.15) is 13.2 Å². The SMILES string of the molecule is OC(CNC(Cc1ccncc1)C(F)(F)F)c1ccncc1. The first-order valence-corrected chi connectivity index (χ1v) is 6.74. The van der Waals surface area contributed by atoms with Gasteiger partial charge in [-0.25, -0.2) is 0 Å². The van der Waals surface area contributed by atoms with Crippen LogP contribution in [0.25, 0.3) is 0 Å². The smallest absolute Gasteiger partial charge is 0.387 e. The molecule has 0 saturated carbocycles. The van der Waals surface area contributed by atoms with Gasteiger partial charge in [0.05, 0.1) is 6.10 Å². The van der Waals surface area contributed by atoms with Crippen molar-refractivity contribution in [2.24, 2.45) is 0 Å². The molecule has 2 rings (SSSR count). The van der Waals surface area contributed by atoms with Crippen LogP contribution in [0.3, 0.4) is 0 Å². The summed E-state index contributed by atoms with van der Waals surface area (Å²) in [5.41, 5.74) is 1.05. The molecule has 4 nitrogen and oxygen atoms in total. The molecule has 0 radical (unpaired) electrons. The minimum atomic E-state index is -4.40. The van der Waals surface area contributed by atoms with Crippen molar-refractivity contribution < 1.29 is 18.3 Å². The van der Waals surface area contributed by atoms with Crippen LogP contribution in [0.2, 0.25) is 0 Å². The van der Waals surface area contributed by atoms with E-state index < -0.39 is 18.3 Å². The molecule has 2 unspecified atom stereocenters. The molecule has 0 spiro atoms. The summed E-state index contributed by atoms with van der Waals surface area (Å²) in [7, 11) is 0. The molecule has 22 heavy (non-hydrogen) atoms. The van der Waals surface area contributed by atoms with Crippen LogP contribution < -0.4 is 5.32 Å². The van der Waals surface area contributed by atoms with E-state index in [1.165, 1.54) is 24.8 Å². The van der Waals surface area contributed by atoms with Gasteiger partial charge in [-0.3, -0.25) is 9.97 Å². The van der Waals surface area contributed by atoms with E-state index >= 15 is 0 Å². The molecule has 0 aliphatic heterocycles. The molecule has 0 saturated heterocycles. The summed E-state index contributed by atoms with van der Waals surface area (Å²) in [5, 5.41) is 12.3. The average Bonchev–Trinajstić information content (AvgIpc) is 2.52. The second kappa shape index (κ2) is 7.33. The van der Waals surface area contributed by atoms with Gasteiger partial charge in [-0.15, -0.1) is 0 Å². The second-order valence-corrected chi connectivity index (χ2v) is 4.86. The van der Waals surface area contributed by atoms with Gasteiger partial charge in [0.25, 0.3) is 0 Å². The van der Waals surface area contributed by atoms with E-state index in [-0.39, 0.29) is 13.0 Å². The molecule has 0 aromatic carbocycles. The Kier molecular flexibility index (Phi) is 5.46. The topological polar surface area (TPSA) is 58.0 Å². The minimum Gasteiger partial charge on any atom is -0.387 e. The molecule has 7 heteroatoms. The normalized spacial score (nSPS) is 14.5. The molecule has 0 aliphatic carbocycles.